The van der Waals surface area contributed by atoms with Gasteiger partial charge >= 0.3 is 5.97 Å². The monoisotopic (exact) mass is 306 g/mol. The minimum Gasteiger partial charge on any atom is -0.463 e. The fraction of sp³-hybridized carbons (Fsp3) is 0.312. The molecule has 0 spiro atoms. The van der Waals surface area contributed by atoms with Gasteiger partial charge in [-0.3, -0.25) is 0 Å². The summed E-state index contributed by atoms with van der Waals surface area (Å²) in [4.78, 5) is 12.0. The number of aliphatic hydroxyl groups excluding tert-OH is 3. The first kappa shape index (κ1) is 16.2. The van der Waals surface area contributed by atoms with Gasteiger partial charge in [0.15, 0.2) is 0 Å². The molecule has 118 valence electrons. The molecule has 2 atom stereocenters. The standard InChI is InChI=1S/C16H18O6/c1-10-12(7-14(22-10)15(19)13(18)8-17)16(20)21-9-11-5-3-2-4-6-11/h2-7,13,15,17-19H,8-9H2,1H3/t13-,15+/m1/s1. The first-order chi connectivity index (χ1) is 10.5. The van der Waals surface area contributed by atoms with Crippen LogP contribution >= 0.6 is 0 Å². The lowest BCUT2D eigenvalue weighted by Gasteiger charge is -2.12. The van der Waals surface area contributed by atoms with E-state index in [9.17, 15) is 15.0 Å². The molecule has 2 rings (SSSR count). The number of esters is 1. The van der Waals surface area contributed by atoms with Gasteiger partial charge in [0, 0.05) is 0 Å². The summed E-state index contributed by atoms with van der Waals surface area (Å²) in [5.41, 5.74) is 1.03. The molecule has 3 N–H and O–H groups in total. The third-order valence-electron chi connectivity index (χ3n) is 3.21. The van der Waals surface area contributed by atoms with Crippen molar-refractivity contribution in [1.29, 1.82) is 0 Å². The first-order valence-corrected chi connectivity index (χ1v) is 6.81. The van der Waals surface area contributed by atoms with E-state index >= 15 is 0 Å². The molecule has 2 aromatic rings. The molecule has 0 aliphatic heterocycles. The van der Waals surface area contributed by atoms with Crippen molar-refractivity contribution in [3.05, 3.63) is 59.0 Å². The molecule has 1 heterocycles. The zero-order chi connectivity index (χ0) is 16.1. The van der Waals surface area contributed by atoms with Crippen molar-refractivity contribution in [2.75, 3.05) is 6.61 Å². The van der Waals surface area contributed by atoms with E-state index in [-0.39, 0.29) is 23.7 Å². The molecular weight excluding hydrogens is 288 g/mol. The third-order valence-corrected chi connectivity index (χ3v) is 3.21. The van der Waals surface area contributed by atoms with Crippen LogP contribution in [0.15, 0.2) is 40.8 Å². The summed E-state index contributed by atoms with van der Waals surface area (Å²) in [5, 5.41) is 28.0. The minimum atomic E-state index is -1.40. The zero-order valence-electron chi connectivity index (χ0n) is 12.1. The fourth-order valence-electron chi connectivity index (χ4n) is 1.94. The van der Waals surface area contributed by atoms with Crippen LogP contribution in [0.2, 0.25) is 0 Å². The minimum absolute atomic E-state index is 0.00529. The number of carbonyl (C=O) groups excluding carboxylic acids is 1. The molecule has 0 aliphatic carbocycles. The highest BCUT2D eigenvalue weighted by Gasteiger charge is 2.25. The molecule has 0 aliphatic rings. The Morgan fingerprint density at radius 1 is 1.27 bits per heavy atom. The number of carbonyl (C=O) groups is 1. The zero-order valence-corrected chi connectivity index (χ0v) is 12.1. The fourth-order valence-corrected chi connectivity index (χ4v) is 1.94. The number of benzene rings is 1. The SMILES string of the molecule is Cc1oc([C@@H](O)[C@H](O)CO)cc1C(=O)OCc1ccccc1. The second-order valence-electron chi connectivity index (χ2n) is 4.88. The highest BCUT2D eigenvalue weighted by atomic mass is 16.5. The summed E-state index contributed by atoms with van der Waals surface area (Å²) in [6.07, 6.45) is -2.78. The summed E-state index contributed by atoms with van der Waals surface area (Å²) in [5.74, 6) is -0.301. The van der Waals surface area contributed by atoms with E-state index < -0.39 is 24.8 Å². The quantitative estimate of drug-likeness (QED) is 0.696. The number of ether oxygens (including phenoxy) is 1. The van der Waals surface area contributed by atoms with Gasteiger partial charge < -0.3 is 24.5 Å². The van der Waals surface area contributed by atoms with Crippen molar-refractivity contribution in [3.8, 4) is 0 Å². The van der Waals surface area contributed by atoms with Crippen molar-refractivity contribution in [2.24, 2.45) is 0 Å². The van der Waals surface area contributed by atoms with Gasteiger partial charge in [0.2, 0.25) is 0 Å². The number of aryl methyl sites for hydroxylation is 1. The molecule has 0 radical (unpaired) electrons. The van der Waals surface area contributed by atoms with Gasteiger partial charge in [-0.1, -0.05) is 30.3 Å². The summed E-state index contributed by atoms with van der Waals surface area (Å²) in [6, 6.07) is 10.5. The van der Waals surface area contributed by atoms with Crippen molar-refractivity contribution < 1.29 is 29.3 Å². The lowest BCUT2D eigenvalue weighted by molar-refractivity contribution is -0.0254. The van der Waals surface area contributed by atoms with E-state index in [1.807, 2.05) is 30.3 Å². The van der Waals surface area contributed by atoms with Gasteiger partial charge in [-0.15, -0.1) is 0 Å². The molecular formula is C16H18O6. The molecule has 0 saturated carbocycles. The predicted octanol–water partition coefficient (Wildman–Crippen LogP) is 1.33. The summed E-state index contributed by atoms with van der Waals surface area (Å²) in [6.45, 7) is 1.07. The van der Waals surface area contributed by atoms with Crippen molar-refractivity contribution in [1.82, 2.24) is 0 Å². The normalized spacial score (nSPS) is 13.6. The summed E-state index contributed by atoms with van der Waals surface area (Å²) >= 11 is 0. The molecule has 0 unspecified atom stereocenters. The van der Waals surface area contributed by atoms with Crippen molar-refractivity contribution in [3.63, 3.8) is 0 Å². The Morgan fingerprint density at radius 3 is 2.59 bits per heavy atom. The van der Waals surface area contributed by atoms with Crippen LogP contribution in [0.3, 0.4) is 0 Å². The van der Waals surface area contributed by atoms with Gasteiger partial charge in [-0.25, -0.2) is 4.79 Å². The maximum absolute atomic E-state index is 12.0. The van der Waals surface area contributed by atoms with E-state index in [0.717, 1.165) is 5.56 Å². The number of hydrogen-bond acceptors (Lipinski definition) is 6. The molecule has 1 aromatic carbocycles. The van der Waals surface area contributed by atoms with Crippen LogP contribution in [0.1, 0.15) is 33.5 Å². The van der Waals surface area contributed by atoms with Crippen molar-refractivity contribution >= 4 is 5.97 Å². The highest BCUT2D eigenvalue weighted by molar-refractivity contribution is 5.90. The third kappa shape index (κ3) is 3.73. The van der Waals surface area contributed by atoms with E-state index in [4.69, 9.17) is 14.3 Å². The lowest BCUT2D eigenvalue weighted by atomic mass is 10.1. The molecule has 0 saturated heterocycles. The highest BCUT2D eigenvalue weighted by Crippen LogP contribution is 2.24. The molecule has 0 bridgehead atoms. The second kappa shape index (κ2) is 7.22. The Kier molecular flexibility index (Phi) is 5.32. The molecule has 0 fully saturated rings. The van der Waals surface area contributed by atoms with Gasteiger partial charge in [0.1, 0.15) is 35.9 Å². The molecule has 6 nitrogen and oxygen atoms in total. The van der Waals surface area contributed by atoms with E-state index in [1.165, 1.54) is 6.07 Å². The molecule has 22 heavy (non-hydrogen) atoms. The van der Waals surface area contributed by atoms with Crippen LogP contribution < -0.4 is 0 Å². The number of hydrogen-bond donors (Lipinski definition) is 3. The molecule has 0 amide bonds. The van der Waals surface area contributed by atoms with Gasteiger partial charge in [-0.05, 0) is 18.6 Å². The Bertz CT molecular complexity index is 619. The van der Waals surface area contributed by atoms with Crippen LogP contribution in [0.5, 0.6) is 0 Å². The number of aliphatic hydroxyl groups is 3. The van der Waals surface area contributed by atoms with Gasteiger partial charge in [-0.2, -0.15) is 0 Å². The van der Waals surface area contributed by atoms with Crippen molar-refractivity contribution in [2.45, 2.75) is 25.7 Å². The molecule has 6 heteroatoms. The van der Waals surface area contributed by atoms with Crippen LogP contribution in [0.25, 0.3) is 0 Å². The van der Waals surface area contributed by atoms with Gasteiger partial charge in [0.25, 0.3) is 0 Å². The predicted molar refractivity (Wildman–Crippen MR) is 77.1 cm³/mol. The Morgan fingerprint density at radius 2 is 1.95 bits per heavy atom. The Balaban J connectivity index is 2.05. The average Bonchev–Trinajstić information content (AvgIpc) is 2.94. The number of rotatable bonds is 6. The smallest absolute Gasteiger partial charge is 0.342 e. The van der Waals surface area contributed by atoms with E-state index in [2.05, 4.69) is 0 Å². The second-order valence-corrected chi connectivity index (χ2v) is 4.88. The first-order valence-electron chi connectivity index (χ1n) is 6.81. The largest absolute Gasteiger partial charge is 0.463 e. The Labute approximate surface area is 127 Å². The number of furan rings is 1. The van der Waals surface area contributed by atoms with Crippen LogP contribution in [-0.2, 0) is 11.3 Å². The van der Waals surface area contributed by atoms with Crippen LogP contribution in [0, 0.1) is 6.92 Å². The van der Waals surface area contributed by atoms with E-state index in [1.54, 1.807) is 6.92 Å². The van der Waals surface area contributed by atoms with E-state index in [0.29, 0.717) is 0 Å². The lowest BCUT2D eigenvalue weighted by Crippen LogP contribution is -2.21. The summed E-state index contributed by atoms with van der Waals surface area (Å²) in [7, 11) is 0. The van der Waals surface area contributed by atoms with Crippen LogP contribution in [0.4, 0.5) is 0 Å². The van der Waals surface area contributed by atoms with Crippen LogP contribution in [-0.4, -0.2) is 34.0 Å². The summed E-state index contributed by atoms with van der Waals surface area (Å²) < 4.78 is 10.4. The maximum atomic E-state index is 12.0. The van der Waals surface area contributed by atoms with Gasteiger partial charge in [0.05, 0.1) is 6.61 Å². The maximum Gasteiger partial charge on any atom is 0.342 e. The topological polar surface area (TPSA) is 100 Å². The molecule has 1 aromatic heterocycles. The Hall–Kier alpha value is -2.15. The average molecular weight is 306 g/mol.